The van der Waals surface area contributed by atoms with Gasteiger partial charge < -0.3 is 10.5 Å². The second-order valence-electron chi connectivity index (χ2n) is 5.41. The van der Waals surface area contributed by atoms with Crippen molar-refractivity contribution in [3.63, 3.8) is 0 Å². The van der Waals surface area contributed by atoms with Gasteiger partial charge in [-0.15, -0.1) is 0 Å². The van der Waals surface area contributed by atoms with Gasteiger partial charge in [-0.3, -0.25) is 0 Å². The summed E-state index contributed by atoms with van der Waals surface area (Å²) in [6.07, 6.45) is 0.736. The monoisotopic (exact) mass is 410 g/mol. The van der Waals surface area contributed by atoms with Gasteiger partial charge in [-0.25, -0.2) is 9.38 Å². The molecule has 2 N–H and O–H groups in total. The molecule has 2 aromatic carbocycles. The quantitative estimate of drug-likeness (QED) is 0.469. The van der Waals surface area contributed by atoms with Gasteiger partial charge in [0, 0.05) is 33.7 Å². The maximum absolute atomic E-state index is 14.2. The summed E-state index contributed by atoms with van der Waals surface area (Å²) in [5.74, 6) is 0.364. The zero-order valence-corrected chi connectivity index (χ0v) is 14.3. The van der Waals surface area contributed by atoms with Gasteiger partial charge in [-0.1, -0.05) is 34.7 Å². The van der Waals surface area contributed by atoms with E-state index < -0.39 is 5.72 Å². The van der Waals surface area contributed by atoms with E-state index in [0.29, 0.717) is 22.7 Å². The first kappa shape index (κ1) is 15.3. The number of benzene rings is 2. The van der Waals surface area contributed by atoms with Gasteiger partial charge in [-0.05, 0) is 31.2 Å². The maximum Gasteiger partial charge on any atom is 0.198 e. The smallest absolute Gasteiger partial charge is 0.198 e. The Morgan fingerprint density at radius 1 is 1.23 bits per heavy atom. The third-order valence-corrected chi connectivity index (χ3v) is 4.17. The molecule has 0 aromatic heterocycles. The topological polar surface area (TPSA) is 47.6 Å². The number of hydrogen-bond acceptors (Lipinski definition) is 3. The van der Waals surface area contributed by atoms with Gasteiger partial charge >= 0.3 is 0 Å². The van der Waals surface area contributed by atoms with E-state index in [2.05, 4.69) is 22.6 Å². The van der Waals surface area contributed by atoms with Crippen molar-refractivity contribution in [2.75, 3.05) is 10.2 Å². The Morgan fingerprint density at radius 2 is 2.00 bits per heavy atom. The van der Waals surface area contributed by atoms with E-state index in [4.69, 9.17) is 15.5 Å². The Labute approximate surface area is 142 Å². The van der Waals surface area contributed by atoms with Crippen LogP contribution in [0.3, 0.4) is 0 Å². The van der Waals surface area contributed by atoms with Crippen LogP contribution in [-0.2, 0) is 0 Å². The predicted molar refractivity (Wildman–Crippen MR) is 95.4 cm³/mol. The average molecular weight is 410 g/mol. The molecule has 1 atom stereocenters. The minimum Gasteiger partial charge on any atom is -0.466 e. The first-order chi connectivity index (χ1) is 10.5. The highest BCUT2D eigenvalue weighted by atomic mass is 127. The fourth-order valence-electron chi connectivity index (χ4n) is 2.52. The maximum atomic E-state index is 14.2. The lowest BCUT2D eigenvalue weighted by atomic mass is 9.97. The lowest BCUT2D eigenvalue weighted by molar-refractivity contribution is 0.0924. The minimum absolute atomic E-state index is 0.289. The fraction of sp³-hybridized carbons (Fsp3) is 0.235. The van der Waals surface area contributed by atoms with Crippen molar-refractivity contribution < 1.29 is 9.13 Å². The highest BCUT2D eigenvalue weighted by molar-refractivity contribution is 14.1. The molecule has 0 fully saturated rings. The number of fused-ring (bicyclic) bond motifs is 1. The summed E-state index contributed by atoms with van der Waals surface area (Å²) in [5.41, 5.74) is 7.64. The highest BCUT2D eigenvalue weighted by Gasteiger charge is 2.33. The van der Waals surface area contributed by atoms with Crippen molar-refractivity contribution in [2.45, 2.75) is 19.1 Å². The van der Waals surface area contributed by atoms with Gasteiger partial charge in [-0.2, -0.15) is 0 Å². The van der Waals surface area contributed by atoms with E-state index in [9.17, 15) is 4.39 Å². The molecule has 1 aliphatic rings. The predicted octanol–water partition coefficient (Wildman–Crippen LogP) is 4.18. The molecular formula is C17H16FIN2O. The van der Waals surface area contributed by atoms with Crippen LogP contribution in [-0.4, -0.2) is 15.9 Å². The molecule has 1 aliphatic heterocycles. The molecule has 2 aromatic rings. The Hall–Kier alpha value is -1.63. The third kappa shape index (κ3) is 2.82. The number of nitrogens with two attached hydrogens (primary N) is 1. The molecule has 0 spiro atoms. The zero-order valence-electron chi connectivity index (χ0n) is 12.1. The fourth-order valence-corrected chi connectivity index (χ4v) is 3.52. The molecule has 0 bridgehead atoms. The van der Waals surface area contributed by atoms with E-state index in [-0.39, 0.29) is 5.82 Å². The molecule has 0 saturated heterocycles. The lowest BCUT2D eigenvalue weighted by Crippen LogP contribution is -2.36. The van der Waals surface area contributed by atoms with Crippen LogP contribution in [0.5, 0.6) is 5.75 Å². The molecule has 1 heterocycles. The molecule has 0 aliphatic carbocycles. The molecule has 0 saturated carbocycles. The van der Waals surface area contributed by atoms with Crippen LogP contribution in [0.1, 0.15) is 24.5 Å². The number of rotatable bonds is 3. The molecule has 114 valence electrons. The number of nitrogen functional groups attached to an aromatic ring is 1. The van der Waals surface area contributed by atoms with Crippen LogP contribution in [0.4, 0.5) is 10.1 Å². The molecular weight excluding hydrogens is 394 g/mol. The number of hydrogen-bond donors (Lipinski definition) is 1. The van der Waals surface area contributed by atoms with Gasteiger partial charge in [0.2, 0.25) is 0 Å². The molecule has 5 heteroatoms. The Morgan fingerprint density at radius 3 is 2.73 bits per heavy atom. The SMILES string of the molecule is CC1(CCI)N=C(c2ccccc2F)c2ccc(N)cc2O1. The van der Waals surface area contributed by atoms with Gasteiger partial charge in [0.15, 0.2) is 5.72 Å². The van der Waals surface area contributed by atoms with Crippen molar-refractivity contribution in [1.29, 1.82) is 0 Å². The molecule has 0 radical (unpaired) electrons. The highest BCUT2D eigenvalue weighted by Crippen LogP contribution is 2.36. The van der Waals surface area contributed by atoms with E-state index in [1.165, 1.54) is 6.07 Å². The van der Waals surface area contributed by atoms with E-state index in [1.54, 1.807) is 24.3 Å². The second kappa shape index (κ2) is 5.87. The lowest BCUT2D eigenvalue weighted by Gasteiger charge is -2.33. The van der Waals surface area contributed by atoms with Crippen LogP contribution in [0.25, 0.3) is 0 Å². The zero-order chi connectivity index (χ0) is 15.7. The summed E-state index contributed by atoms with van der Waals surface area (Å²) in [4.78, 5) is 4.71. The van der Waals surface area contributed by atoms with Crippen LogP contribution in [0, 0.1) is 5.82 Å². The standard InChI is InChI=1S/C17H16FIN2O/c1-17(8-9-19)21-16(12-4-2-3-5-14(12)18)13-7-6-11(20)10-15(13)22-17/h2-7,10H,8-9,20H2,1H3. The van der Waals surface area contributed by atoms with E-state index >= 15 is 0 Å². The van der Waals surface area contributed by atoms with Crippen molar-refractivity contribution in [3.8, 4) is 5.75 Å². The van der Waals surface area contributed by atoms with Gasteiger partial charge in [0.05, 0.1) is 5.71 Å². The number of anilines is 1. The Balaban J connectivity index is 2.20. The molecule has 22 heavy (non-hydrogen) atoms. The Kier molecular flexibility index (Phi) is 4.08. The van der Waals surface area contributed by atoms with Crippen LogP contribution in [0.2, 0.25) is 0 Å². The summed E-state index contributed by atoms with van der Waals surface area (Å²) in [7, 11) is 0. The van der Waals surface area contributed by atoms with Crippen molar-refractivity contribution in [1.82, 2.24) is 0 Å². The summed E-state index contributed by atoms with van der Waals surface area (Å²) in [5, 5.41) is 0. The third-order valence-electron chi connectivity index (χ3n) is 3.63. The van der Waals surface area contributed by atoms with Crippen molar-refractivity contribution in [3.05, 3.63) is 59.4 Å². The van der Waals surface area contributed by atoms with Crippen LogP contribution >= 0.6 is 22.6 Å². The summed E-state index contributed by atoms with van der Waals surface area (Å²) in [6.45, 7) is 1.92. The first-order valence-electron chi connectivity index (χ1n) is 7.02. The van der Waals surface area contributed by atoms with Gasteiger partial charge in [0.25, 0.3) is 0 Å². The van der Waals surface area contributed by atoms with Crippen LogP contribution < -0.4 is 10.5 Å². The summed E-state index contributed by atoms with van der Waals surface area (Å²) in [6, 6.07) is 12.1. The number of halogens is 2. The number of ether oxygens (including phenoxy) is 1. The molecule has 1 unspecified atom stereocenters. The van der Waals surface area contributed by atoms with E-state index in [1.807, 2.05) is 19.1 Å². The summed E-state index contributed by atoms with van der Waals surface area (Å²) >= 11 is 2.29. The first-order valence-corrected chi connectivity index (χ1v) is 8.54. The molecule has 0 amide bonds. The number of aliphatic imine (C=N–C) groups is 1. The summed E-state index contributed by atoms with van der Waals surface area (Å²) < 4.78 is 21.2. The number of alkyl halides is 1. The van der Waals surface area contributed by atoms with E-state index in [0.717, 1.165) is 16.4 Å². The van der Waals surface area contributed by atoms with Gasteiger partial charge in [0.1, 0.15) is 11.6 Å². The van der Waals surface area contributed by atoms with Crippen molar-refractivity contribution >= 4 is 34.0 Å². The molecule has 3 nitrogen and oxygen atoms in total. The Bertz CT molecular complexity index is 747. The average Bonchev–Trinajstić information content (AvgIpc) is 2.46. The van der Waals surface area contributed by atoms with Crippen molar-refractivity contribution in [2.24, 2.45) is 4.99 Å². The largest absolute Gasteiger partial charge is 0.466 e. The normalized spacial score (nSPS) is 20.0. The number of nitrogens with zero attached hydrogens (tertiary/aromatic N) is 1. The second-order valence-corrected chi connectivity index (χ2v) is 6.49. The van der Waals surface area contributed by atoms with Crippen LogP contribution in [0.15, 0.2) is 47.5 Å². The minimum atomic E-state index is -0.709. The molecule has 3 rings (SSSR count).